The number of rotatable bonds is 11. The maximum Gasteiger partial charge on any atom is 0.248 e. The Labute approximate surface area is 238 Å². The molecule has 1 aliphatic rings. The number of hydrogen-bond donors (Lipinski definition) is 1. The average Bonchev–Trinajstić information content (AvgIpc) is 3.86. The number of anilines is 1. The van der Waals surface area contributed by atoms with E-state index in [1.54, 1.807) is 6.20 Å². The van der Waals surface area contributed by atoms with Gasteiger partial charge in [0.1, 0.15) is 6.04 Å². The summed E-state index contributed by atoms with van der Waals surface area (Å²) in [6.07, 6.45) is 7.83. The first-order valence-corrected chi connectivity index (χ1v) is 14.5. The topological polar surface area (TPSA) is 45.2 Å². The van der Waals surface area contributed by atoms with Crippen LogP contribution in [-0.2, 0) is 4.79 Å². The lowest BCUT2D eigenvalue weighted by molar-refractivity contribution is -0.123. The first-order valence-electron chi connectivity index (χ1n) is 14.5. The van der Waals surface area contributed by atoms with Crippen LogP contribution in [0.3, 0.4) is 0 Å². The minimum atomic E-state index is -0.550. The van der Waals surface area contributed by atoms with Gasteiger partial charge in [-0.05, 0) is 79.0 Å². The van der Waals surface area contributed by atoms with Crippen molar-refractivity contribution in [2.45, 2.75) is 58.5 Å². The van der Waals surface area contributed by atoms with Gasteiger partial charge in [0.05, 0.1) is 6.04 Å². The molecule has 3 aromatic carbocycles. The number of nitrogens with one attached hydrogen (secondary N) is 1. The predicted octanol–water partition coefficient (Wildman–Crippen LogP) is 8.66. The van der Waals surface area contributed by atoms with Gasteiger partial charge >= 0.3 is 0 Å². The van der Waals surface area contributed by atoms with Crippen LogP contribution in [0.15, 0.2) is 121 Å². The van der Waals surface area contributed by atoms with Crippen LogP contribution in [0.25, 0.3) is 11.1 Å². The maximum absolute atomic E-state index is 14.4. The average molecular weight is 530 g/mol. The van der Waals surface area contributed by atoms with E-state index in [-0.39, 0.29) is 11.9 Å². The highest BCUT2D eigenvalue weighted by atomic mass is 16.2. The molecule has 1 aliphatic carbocycles. The Morgan fingerprint density at radius 1 is 0.800 bits per heavy atom. The number of nitrogens with zero attached hydrogens (tertiary/aromatic N) is 2. The Bertz CT molecular complexity index is 1410. The number of amides is 1. The van der Waals surface area contributed by atoms with Gasteiger partial charge in [0.2, 0.25) is 5.91 Å². The van der Waals surface area contributed by atoms with E-state index in [0.717, 1.165) is 48.1 Å². The van der Waals surface area contributed by atoms with Crippen molar-refractivity contribution in [3.63, 3.8) is 0 Å². The van der Waals surface area contributed by atoms with E-state index in [4.69, 9.17) is 0 Å². The van der Waals surface area contributed by atoms with Crippen LogP contribution in [-0.4, -0.2) is 10.9 Å². The number of aromatic nitrogens is 1. The zero-order valence-electron chi connectivity index (χ0n) is 23.8. The van der Waals surface area contributed by atoms with E-state index in [1.165, 1.54) is 16.8 Å². The van der Waals surface area contributed by atoms with E-state index in [1.807, 2.05) is 49.5 Å². The van der Waals surface area contributed by atoms with Crippen molar-refractivity contribution in [2.75, 3.05) is 4.90 Å². The molecule has 2 atom stereocenters. The molecule has 0 saturated heterocycles. The first-order chi connectivity index (χ1) is 19.6. The molecule has 0 aliphatic heterocycles. The number of hydrogen-bond acceptors (Lipinski definition) is 3. The standard InChI is InChI=1S/C36H39N3O/c1-4-27(5-2)34(31-18-19-31)39(33-22-20-30(21-23-33)29-15-10-7-11-16-29)35(32-17-12-24-37-25-32)36(40)38-26(3)28-13-8-6-9-14-28/h6-17,20-27,35H,4-5,18-19H2,1-3H3,(H,38,40)/t26-,35?/m0/s1. The lowest BCUT2D eigenvalue weighted by atomic mass is 9.93. The molecule has 4 nitrogen and oxygen atoms in total. The van der Waals surface area contributed by atoms with Gasteiger partial charge in [0.25, 0.3) is 0 Å². The highest BCUT2D eigenvalue weighted by Crippen LogP contribution is 2.44. The second-order valence-corrected chi connectivity index (χ2v) is 10.6. The van der Waals surface area contributed by atoms with Crippen LogP contribution in [0.1, 0.15) is 69.7 Å². The quantitative estimate of drug-likeness (QED) is 0.211. The summed E-state index contributed by atoms with van der Waals surface area (Å²) < 4.78 is 0. The van der Waals surface area contributed by atoms with Gasteiger partial charge in [-0.1, -0.05) is 92.7 Å². The Morgan fingerprint density at radius 3 is 1.98 bits per heavy atom. The van der Waals surface area contributed by atoms with Crippen molar-refractivity contribution >= 4 is 11.6 Å². The number of pyridine rings is 1. The van der Waals surface area contributed by atoms with E-state index in [9.17, 15) is 4.79 Å². The molecule has 0 spiro atoms. The van der Waals surface area contributed by atoms with E-state index < -0.39 is 6.04 Å². The molecule has 1 unspecified atom stereocenters. The van der Waals surface area contributed by atoms with Gasteiger partial charge in [-0.25, -0.2) is 0 Å². The van der Waals surface area contributed by atoms with Gasteiger partial charge in [-0.15, -0.1) is 0 Å². The summed E-state index contributed by atoms with van der Waals surface area (Å²) in [4.78, 5) is 21.1. The van der Waals surface area contributed by atoms with Gasteiger partial charge in [0, 0.05) is 29.3 Å². The third kappa shape index (κ3) is 6.17. The van der Waals surface area contributed by atoms with Gasteiger partial charge < -0.3 is 10.2 Å². The largest absolute Gasteiger partial charge is 0.347 e. The highest BCUT2D eigenvalue weighted by Gasteiger charge is 2.37. The molecule has 1 heterocycles. The lowest BCUT2D eigenvalue weighted by Crippen LogP contribution is -2.42. The molecule has 1 saturated carbocycles. The van der Waals surface area contributed by atoms with Crippen LogP contribution in [0, 0.1) is 5.92 Å². The van der Waals surface area contributed by atoms with E-state index in [0.29, 0.717) is 5.92 Å². The van der Waals surface area contributed by atoms with Gasteiger partial charge in [-0.3, -0.25) is 9.78 Å². The van der Waals surface area contributed by atoms with Crippen molar-refractivity contribution in [2.24, 2.45) is 5.92 Å². The van der Waals surface area contributed by atoms with Crippen molar-refractivity contribution in [1.29, 1.82) is 0 Å². The summed E-state index contributed by atoms with van der Waals surface area (Å²) in [7, 11) is 0. The second kappa shape index (κ2) is 12.8. The zero-order valence-corrected chi connectivity index (χ0v) is 23.8. The van der Waals surface area contributed by atoms with Crippen LogP contribution < -0.4 is 10.2 Å². The van der Waals surface area contributed by atoms with Gasteiger partial charge in [-0.2, -0.15) is 0 Å². The normalized spacial score (nSPS) is 13.9. The van der Waals surface area contributed by atoms with Crippen molar-refractivity contribution in [1.82, 2.24) is 10.3 Å². The Hall–Kier alpha value is -4.18. The third-order valence-corrected chi connectivity index (χ3v) is 7.91. The fraction of sp³-hybridized carbons (Fsp3) is 0.278. The molecule has 4 aromatic rings. The minimum Gasteiger partial charge on any atom is -0.347 e. The molecule has 1 fully saturated rings. The number of allylic oxidation sites excluding steroid dienone is 2. The maximum atomic E-state index is 14.4. The summed E-state index contributed by atoms with van der Waals surface area (Å²) in [5, 5.41) is 3.34. The van der Waals surface area contributed by atoms with Crippen LogP contribution in [0.4, 0.5) is 5.69 Å². The minimum absolute atomic E-state index is 0.0267. The number of carbonyl (C=O) groups is 1. The smallest absolute Gasteiger partial charge is 0.248 e. The molecule has 40 heavy (non-hydrogen) atoms. The molecule has 1 N–H and O–H groups in total. The third-order valence-electron chi connectivity index (χ3n) is 7.91. The SMILES string of the molecule is CCC(CC)C(=C1CC1)N(c1ccc(-c2ccccc2)cc1)C(C(=O)N[C@@H](C)c1ccccc1)c1cccnc1. The van der Waals surface area contributed by atoms with Crippen molar-refractivity contribution in [3.05, 3.63) is 132 Å². The number of benzene rings is 3. The second-order valence-electron chi connectivity index (χ2n) is 10.6. The fourth-order valence-electron chi connectivity index (χ4n) is 5.59. The molecular weight excluding hydrogens is 490 g/mol. The summed E-state index contributed by atoms with van der Waals surface area (Å²) >= 11 is 0. The van der Waals surface area contributed by atoms with Crippen LogP contribution >= 0.6 is 0 Å². The van der Waals surface area contributed by atoms with Crippen LogP contribution in [0.2, 0.25) is 0 Å². The molecular formula is C36H39N3O. The molecule has 5 rings (SSSR count). The number of carbonyl (C=O) groups excluding carboxylic acids is 1. The fourth-order valence-corrected chi connectivity index (χ4v) is 5.59. The van der Waals surface area contributed by atoms with E-state index >= 15 is 0 Å². The highest BCUT2D eigenvalue weighted by molar-refractivity contribution is 5.88. The molecule has 1 amide bonds. The summed E-state index contributed by atoms with van der Waals surface area (Å²) in [5.41, 5.74) is 8.09. The van der Waals surface area contributed by atoms with Crippen molar-refractivity contribution in [3.8, 4) is 11.1 Å². The molecule has 4 heteroatoms. The molecule has 0 bridgehead atoms. The van der Waals surface area contributed by atoms with Gasteiger partial charge in [0.15, 0.2) is 0 Å². The summed E-state index contributed by atoms with van der Waals surface area (Å²) in [6, 6.07) is 32.5. The Kier molecular flexibility index (Phi) is 8.75. The predicted molar refractivity (Wildman–Crippen MR) is 165 cm³/mol. The van der Waals surface area contributed by atoms with E-state index in [2.05, 4.69) is 89.7 Å². The lowest BCUT2D eigenvalue weighted by Gasteiger charge is -2.38. The molecule has 0 radical (unpaired) electrons. The Balaban J connectivity index is 1.61. The van der Waals surface area contributed by atoms with Crippen molar-refractivity contribution < 1.29 is 4.79 Å². The summed E-state index contributed by atoms with van der Waals surface area (Å²) in [6.45, 7) is 6.56. The van der Waals surface area contributed by atoms with Crippen LogP contribution in [0.5, 0.6) is 0 Å². The monoisotopic (exact) mass is 529 g/mol. The zero-order chi connectivity index (χ0) is 27.9. The summed E-state index contributed by atoms with van der Waals surface area (Å²) in [5.74, 6) is 0.339. The molecule has 1 aromatic heterocycles. The first kappa shape index (κ1) is 27.4. The Morgan fingerprint density at radius 2 is 1.40 bits per heavy atom. The molecule has 204 valence electrons.